The van der Waals surface area contributed by atoms with Crippen LogP contribution in [-0.4, -0.2) is 18.5 Å². The summed E-state index contributed by atoms with van der Waals surface area (Å²) < 4.78 is 10.4. The Balaban J connectivity index is 1.54. The van der Waals surface area contributed by atoms with Crippen molar-refractivity contribution in [3.05, 3.63) is 65.9 Å². The zero-order chi connectivity index (χ0) is 18.5. The summed E-state index contributed by atoms with van der Waals surface area (Å²) in [4.78, 5) is 24.0. The van der Waals surface area contributed by atoms with E-state index in [1.54, 1.807) is 12.1 Å². The molecule has 3 rings (SSSR count). The van der Waals surface area contributed by atoms with E-state index < -0.39 is 11.9 Å². The van der Waals surface area contributed by atoms with Crippen LogP contribution in [0.5, 0.6) is 0 Å². The quantitative estimate of drug-likeness (QED) is 0.651. The molecular formula is C21H21NO4. The lowest BCUT2D eigenvalue weighted by molar-refractivity contribution is -0.119. The highest BCUT2D eigenvalue weighted by atomic mass is 16.5. The van der Waals surface area contributed by atoms with E-state index in [1.807, 2.05) is 42.5 Å². The molecule has 134 valence electrons. The Kier molecular flexibility index (Phi) is 5.37. The number of anilines is 1. The SMILES string of the molecule is CC[C@H](C)c1ccc(NC(=O)COC(=O)c2cc3ccccc3o2)cc1. The highest BCUT2D eigenvalue weighted by Crippen LogP contribution is 2.21. The number of carbonyl (C=O) groups excluding carboxylic acids is 2. The van der Waals surface area contributed by atoms with Crippen molar-refractivity contribution in [2.24, 2.45) is 0 Å². The second-order valence-electron chi connectivity index (χ2n) is 6.20. The molecule has 1 N–H and O–H groups in total. The Labute approximate surface area is 152 Å². The van der Waals surface area contributed by atoms with Crippen molar-refractivity contribution >= 4 is 28.5 Å². The first-order valence-electron chi connectivity index (χ1n) is 8.62. The van der Waals surface area contributed by atoms with Gasteiger partial charge in [-0.05, 0) is 42.2 Å². The Morgan fingerprint density at radius 2 is 1.85 bits per heavy atom. The van der Waals surface area contributed by atoms with E-state index in [0.29, 0.717) is 17.2 Å². The van der Waals surface area contributed by atoms with E-state index in [1.165, 1.54) is 5.56 Å². The van der Waals surface area contributed by atoms with Crippen LogP contribution in [0.2, 0.25) is 0 Å². The Morgan fingerprint density at radius 1 is 1.12 bits per heavy atom. The van der Waals surface area contributed by atoms with Crippen LogP contribution in [0.15, 0.2) is 59.0 Å². The van der Waals surface area contributed by atoms with Gasteiger partial charge in [-0.15, -0.1) is 0 Å². The number of hydrogen-bond donors (Lipinski definition) is 1. The number of carbonyl (C=O) groups is 2. The van der Waals surface area contributed by atoms with Crippen molar-refractivity contribution in [1.82, 2.24) is 0 Å². The van der Waals surface area contributed by atoms with Gasteiger partial charge in [-0.25, -0.2) is 4.79 Å². The molecule has 0 spiro atoms. The number of hydrogen-bond acceptors (Lipinski definition) is 4. The molecule has 1 amide bonds. The maximum Gasteiger partial charge on any atom is 0.374 e. The van der Waals surface area contributed by atoms with Crippen LogP contribution < -0.4 is 5.32 Å². The predicted octanol–water partition coefficient (Wildman–Crippen LogP) is 4.74. The number of para-hydroxylation sites is 1. The molecule has 0 aliphatic rings. The highest BCUT2D eigenvalue weighted by Gasteiger charge is 2.15. The first-order valence-corrected chi connectivity index (χ1v) is 8.62. The lowest BCUT2D eigenvalue weighted by atomic mass is 9.99. The molecule has 0 radical (unpaired) electrons. The van der Waals surface area contributed by atoms with Gasteiger partial charge >= 0.3 is 5.97 Å². The molecule has 3 aromatic rings. The summed E-state index contributed by atoms with van der Waals surface area (Å²) in [5.41, 5.74) is 2.49. The van der Waals surface area contributed by atoms with Crippen molar-refractivity contribution in [2.75, 3.05) is 11.9 Å². The molecule has 0 bridgehead atoms. The third kappa shape index (κ3) is 4.11. The van der Waals surface area contributed by atoms with Crippen molar-refractivity contribution in [1.29, 1.82) is 0 Å². The number of fused-ring (bicyclic) bond motifs is 1. The Bertz CT molecular complexity index is 878. The van der Waals surface area contributed by atoms with Crippen molar-refractivity contribution in [3.63, 3.8) is 0 Å². The van der Waals surface area contributed by atoms with E-state index in [0.717, 1.165) is 11.8 Å². The number of benzene rings is 2. The lowest BCUT2D eigenvalue weighted by Crippen LogP contribution is -2.20. The summed E-state index contributed by atoms with van der Waals surface area (Å²) in [6.07, 6.45) is 1.06. The van der Waals surface area contributed by atoms with Gasteiger partial charge in [-0.3, -0.25) is 4.79 Å². The van der Waals surface area contributed by atoms with Gasteiger partial charge < -0.3 is 14.5 Å². The number of amides is 1. The zero-order valence-electron chi connectivity index (χ0n) is 14.8. The van der Waals surface area contributed by atoms with Crippen LogP contribution in [0.25, 0.3) is 11.0 Å². The van der Waals surface area contributed by atoms with Crippen LogP contribution in [0, 0.1) is 0 Å². The molecule has 5 heteroatoms. The fourth-order valence-electron chi connectivity index (χ4n) is 2.61. The van der Waals surface area contributed by atoms with Gasteiger partial charge in [0.25, 0.3) is 5.91 Å². The molecule has 0 fully saturated rings. The number of ether oxygens (including phenoxy) is 1. The Hall–Kier alpha value is -3.08. The lowest BCUT2D eigenvalue weighted by Gasteiger charge is -2.10. The van der Waals surface area contributed by atoms with E-state index in [4.69, 9.17) is 9.15 Å². The van der Waals surface area contributed by atoms with Gasteiger partial charge in [0.05, 0.1) is 0 Å². The molecule has 5 nitrogen and oxygen atoms in total. The minimum absolute atomic E-state index is 0.0805. The molecule has 1 atom stereocenters. The van der Waals surface area contributed by atoms with Gasteiger partial charge in [0.15, 0.2) is 6.61 Å². The minimum Gasteiger partial charge on any atom is -0.450 e. The summed E-state index contributed by atoms with van der Waals surface area (Å²) in [6, 6.07) is 16.6. The van der Waals surface area contributed by atoms with E-state index in [2.05, 4.69) is 19.2 Å². The monoisotopic (exact) mass is 351 g/mol. The smallest absolute Gasteiger partial charge is 0.374 e. The van der Waals surface area contributed by atoms with Gasteiger partial charge in [-0.1, -0.05) is 44.2 Å². The average molecular weight is 351 g/mol. The molecule has 1 heterocycles. The van der Waals surface area contributed by atoms with Crippen molar-refractivity contribution in [3.8, 4) is 0 Å². The summed E-state index contributed by atoms with van der Waals surface area (Å²) in [5, 5.41) is 3.52. The number of nitrogens with one attached hydrogen (secondary N) is 1. The van der Waals surface area contributed by atoms with Crippen LogP contribution in [0.3, 0.4) is 0 Å². The highest BCUT2D eigenvalue weighted by molar-refractivity contribution is 5.96. The fourth-order valence-corrected chi connectivity index (χ4v) is 2.61. The van der Waals surface area contributed by atoms with Crippen LogP contribution in [0.1, 0.15) is 42.3 Å². The predicted molar refractivity (Wildman–Crippen MR) is 100 cm³/mol. The normalized spacial score (nSPS) is 11.9. The number of esters is 1. The maximum absolute atomic E-state index is 12.0. The third-order valence-corrected chi connectivity index (χ3v) is 4.34. The third-order valence-electron chi connectivity index (χ3n) is 4.34. The van der Waals surface area contributed by atoms with Crippen molar-refractivity contribution in [2.45, 2.75) is 26.2 Å². The largest absolute Gasteiger partial charge is 0.450 e. The summed E-state index contributed by atoms with van der Waals surface area (Å²) in [7, 11) is 0. The number of furan rings is 1. The molecule has 0 aliphatic heterocycles. The molecule has 0 unspecified atom stereocenters. The molecule has 2 aromatic carbocycles. The average Bonchev–Trinajstić information content (AvgIpc) is 3.10. The summed E-state index contributed by atoms with van der Waals surface area (Å²) >= 11 is 0. The van der Waals surface area contributed by atoms with Crippen LogP contribution in [0.4, 0.5) is 5.69 Å². The standard InChI is InChI=1S/C21H21NO4/c1-3-14(2)15-8-10-17(11-9-15)22-20(23)13-25-21(24)19-12-16-6-4-5-7-18(16)26-19/h4-12,14H,3,13H2,1-2H3,(H,22,23)/t14-/m0/s1. The van der Waals surface area contributed by atoms with Crippen molar-refractivity contribution < 1.29 is 18.7 Å². The maximum atomic E-state index is 12.0. The van der Waals surface area contributed by atoms with E-state index in [-0.39, 0.29) is 12.4 Å². The zero-order valence-corrected chi connectivity index (χ0v) is 14.8. The molecule has 0 aliphatic carbocycles. The first kappa shape index (κ1) is 17.7. The second-order valence-corrected chi connectivity index (χ2v) is 6.20. The Morgan fingerprint density at radius 3 is 2.54 bits per heavy atom. The molecule has 0 saturated heterocycles. The molecule has 1 aromatic heterocycles. The minimum atomic E-state index is -0.663. The van der Waals surface area contributed by atoms with E-state index in [9.17, 15) is 9.59 Å². The van der Waals surface area contributed by atoms with Gasteiger partial charge in [0.1, 0.15) is 5.58 Å². The van der Waals surface area contributed by atoms with E-state index >= 15 is 0 Å². The van der Waals surface area contributed by atoms with Crippen LogP contribution >= 0.6 is 0 Å². The van der Waals surface area contributed by atoms with Crippen LogP contribution in [-0.2, 0) is 9.53 Å². The number of rotatable bonds is 6. The summed E-state index contributed by atoms with van der Waals surface area (Å²) in [6.45, 7) is 3.92. The fraction of sp³-hybridized carbons (Fsp3) is 0.238. The van der Waals surface area contributed by atoms with Gasteiger partial charge in [0.2, 0.25) is 5.76 Å². The van der Waals surface area contributed by atoms with Gasteiger partial charge in [-0.2, -0.15) is 0 Å². The first-order chi connectivity index (χ1) is 12.6. The second kappa shape index (κ2) is 7.87. The van der Waals surface area contributed by atoms with Gasteiger partial charge in [0, 0.05) is 11.1 Å². The molecular weight excluding hydrogens is 330 g/mol. The molecule has 26 heavy (non-hydrogen) atoms. The summed E-state index contributed by atoms with van der Waals surface area (Å²) in [5.74, 6) is -0.504. The topological polar surface area (TPSA) is 68.5 Å². The molecule has 0 saturated carbocycles.